The van der Waals surface area contributed by atoms with E-state index in [1.54, 1.807) is 12.3 Å². The molecule has 0 saturated carbocycles. The Morgan fingerprint density at radius 3 is 2.52 bits per heavy atom. The lowest BCUT2D eigenvalue weighted by molar-refractivity contribution is 0.102. The minimum atomic E-state index is -0.151. The highest BCUT2D eigenvalue weighted by Gasteiger charge is 2.08. The number of benzene rings is 2. The molecule has 25 heavy (non-hydrogen) atoms. The minimum absolute atomic E-state index is 0.151. The van der Waals surface area contributed by atoms with E-state index in [4.69, 9.17) is 0 Å². The van der Waals surface area contributed by atoms with Gasteiger partial charge in [0.15, 0.2) is 0 Å². The van der Waals surface area contributed by atoms with Gasteiger partial charge in [-0.2, -0.15) is 0 Å². The molecule has 0 fully saturated rings. The maximum absolute atomic E-state index is 12.3. The van der Waals surface area contributed by atoms with E-state index in [2.05, 4.69) is 27.3 Å². The van der Waals surface area contributed by atoms with Crippen molar-refractivity contribution in [1.82, 2.24) is 4.98 Å². The van der Waals surface area contributed by atoms with Crippen molar-refractivity contribution < 1.29 is 4.79 Å². The predicted octanol–water partition coefficient (Wildman–Crippen LogP) is 4.28. The second-order valence-corrected chi connectivity index (χ2v) is 6.07. The summed E-state index contributed by atoms with van der Waals surface area (Å²) < 4.78 is 0. The molecule has 3 rings (SSSR count). The molecule has 3 aromatic rings. The Balaban J connectivity index is 1.64. The van der Waals surface area contributed by atoms with Crippen molar-refractivity contribution in [2.45, 2.75) is 13.5 Å². The van der Waals surface area contributed by atoms with E-state index < -0.39 is 0 Å². The number of hydrogen-bond acceptors (Lipinski definition) is 3. The monoisotopic (exact) mass is 331 g/mol. The number of rotatable bonds is 5. The van der Waals surface area contributed by atoms with Crippen LogP contribution in [0.4, 0.5) is 11.5 Å². The average Bonchev–Trinajstić information content (AvgIpc) is 2.63. The average molecular weight is 331 g/mol. The van der Waals surface area contributed by atoms with E-state index in [1.807, 2.05) is 62.5 Å². The fourth-order valence-corrected chi connectivity index (χ4v) is 2.61. The summed E-state index contributed by atoms with van der Waals surface area (Å²) in [6.45, 7) is 2.77. The van der Waals surface area contributed by atoms with E-state index in [0.29, 0.717) is 11.4 Å². The highest BCUT2D eigenvalue weighted by molar-refractivity contribution is 6.03. The standard InChI is InChI=1S/C21H21N3O/c1-16-7-6-10-18(13-16)21(25)23-20-12-11-19(14-22-20)24(2)15-17-8-4-3-5-9-17/h3-14H,15H2,1-2H3,(H,22,23,25). The summed E-state index contributed by atoms with van der Waals surface area (Å²) in [5, 5.41) is 2.83. The molecule has 4 heteroatoms. The van der Waals surface area contributed by atoms with Gasteiger partial charge in [-0.15, -0.1) is 0 Å². The van der Waals surface area contributed by atoms with Crippen LogP contribution < -0.4 is 10.2 Å². The summed E-state index contributed by atoms with van der Waals surface area (Å²) in [6.07, 6.45) is 1.77. The van der Waals surface area contributed by atoms with Gasteiger partial charge < -0.3 is 10.2 Å². The van der Waals surface area contributed by atoms with Crippen LogP contribution in [-0.4, -0.2) is 17.9 Å². The van der Waals surface area contributed by atoms with Gasteiger partial charge in [0, 0.05) is 19.2 Å². The molecule has 1 N–H and O–H groups in total. The second-order valence-electron chi connectivity index (χ2n) is 6.07. The van der Waals surface area contributed by atoms with Crippen molar-refractivity contribution in [2.24, 2.45) is 0 Å². The molecule has 0 aliphatic carbocycles. The molecule has 2 aromatic carbocycles. The van der Waals surface area contributed by atoms with Gasteiger partial charge in [0.25, 0.3) is 5.91 Å². The third-order valence-corrected chi connectivity index (χ3v) is 3.97. The first-order valence-corrected chi connectivity index (χ1v) is 8.21. The first-order valence-electron chi connectivity index (χ1n) is 8.21. The largest absolute Gasteiger partial charge is 0.369 e. The maximum Gasteiger partial charge on any atom is 0.256 e. The maximum atomic E-state index is 12.3. The van der Waals surface area contributed by atoms with Crippen molar-refractivity contribution in [3.05, 3.63) is 89.6 Å². The summed E-state index contributed by atoms with van der Waals surface area (Å²) in [5.74, 6) is 0.393. The van der Waals surface area contributed by atoms with Gasteiger partial charge >= 0.3 is 0 Å². The van der Waals surface area contributed by atoms with Crippen molar-refractivity contribution >= 4 is 17.4 Å². The van der Waals surface area contributed by atoms with Crippen molar-refractivity contribution in [3.8, 4) is 0 Å². The second kappa shape index (κ2) is 7.62. The Morgan fingerprint density at radius 2 is 1.84 bits per heavy atom. The highest BCUT2D eigenvalue weighted by atomic mass is 16.1. The van der Waals surface area contributed by atoms with Crippen molar-refractivity contribution in [3.63, 3.8) is 0 Å². The smallest absolute Gasteiger partial charge is 0.256 e. The summed E-state index contributed by atoms with van der Waals surface area (Å²) in [6, 6.07) is 21.5. The molecule has 0 bridgehead atoms. The van der Waals surface area contributed by atoms with Gasteiger partial charge in [0.05, 0.1) is 11.9 Å². The molecule has 0 aliphatic heterocycles. The first kappa shape index (κ1) is 16.7. The third-order valence-electron chi connectivity index (χ3n) is 3.97. The van der Waals surface area contributed by atoms with Crippen LogP contribution in [0.1, 0.15) is 21.5 Å². The number of amides is 1. The van der Waals surface area contributed by atoms with E-state index in [0.717, 1.165) is 17.8 Å². The Kier molecular flexibility index (Phi) is 5.09. The zero-order valence-corrected chi connectivity index (χ0v) is 14.4. The van der Waals surface area contributed by atoms with Crippen LogP contribution in [0.25, 0.3) is 0 Å². The molecule has 1 heterocycles. The van der Waals surface area contributed by atoms with Crippen LogP contribution >= 0.6 is 0 Å². The zero-order valence-electron chi connectivity index (χ0n) is 14.4. The SMILES string of the molecule is Cc1cccc(C(=O)Nc2ccc(N(C)Cc3ccccc3)cn2)c1. The number of aromatic nitrogens is 1. The lowest BCUT2D eigenvalue weighted by atomic mass is 10.1. The minimum Gasteiger partial charge on any atom is -0.369 e. The van der Waals surface area contributed by atoms with E-state index in [-0.39, 0.29) is 5.91 Å². The topological polar surface area (TPSA) is 45.2 Å². The molecule has 0 saturated heterocycles. The highest BCUT2D eigenvalue weighted by Crippen LogP contribution is 2.17. The molecular formula is C21H21N3O. The predicted molar refractivity (Wildman–Crippen MR) is 102 cm³/mol. The van der Waals surface area contributed by atoms with Gasteiger partial charge in [-0.3, -0.25) is 4.79 Å². The van der Waals surface area contributed by atoms with Gasteiger partial charge in [0.2, 0.25) is 0 Å². The van der Waals surface area contributed by atoms with E-state index in [9.17, 15) is 4.79 Å². The summed E-state index contributed by atoms with van der Waals surface area (Å²) >= 11 is 0. The molecule has 0 spiro atoms. The van der Waals surface area contributed by atoms with Crippen LogP contribution in [0.2, 0.25) is 0 Å². The number of nitrogens with one attached hydrogen (secondary N) is 1. The number of hydrogen-bond donors (Lipinski definition) is 1. The fourth-order valence-electron chi connectivity index (χ4n) is 2.61. The van der Waals surface area contributed by atoms with Crippen LogP contribution in [-0.2, 0) is 6.54 Å². The molecule has 1 amide bonds. The van der Waals surface area contributed by atoms with Crippen LogP contribution in [0.5, 0.6) is 0 Å². The number of anilines is 2. The lowest BCUT2D eigenvalue weighted by Gasteiger charge is -2.19. The lowest BCUT2D eigenvalue weighted by Crippen LogP contribution is -2.17. The normalized spacial score (nSPS) is 10.3. The number of carbonyl (C=O) groups excluding carboxylic acids is 1. The molecule has 0 radical (unpaired) electrons. The van der Waals surface area contributed by atoms with Gasteiger partial charge in [-0.05, 0) is 36.8 Å². The Hall–Kier alpha value is -3.14. The zero-order chi connectivity index (χ0) is 17.6. The van der Waals surface area contributed by atoms with Crippen molar-refractivity contribution in [2.75, 3.05) is 17.3 Å². The first-order chi connectivity index (χ1) is 12.1. The molecule has 0 unspecified atom stereocenters. The van der Waals surface area contributed by atoms with Crippen LogP contribution in [0.3, 0.4) is 0 Å². The Labute approximate surface area is 148 Å². The van der Waals surface area contributed by atoms with Gasteiger partial charge in [-0.25, -0.2) is 4.98 Å². The summed E-state index contributed by atoms with van der Waals surface area (Å²) in [7, 11) is 2.02. The van der Waals surface area contributed by atoms with Crippen LogP contribution in [0, 0.1) is 6.92 Å². The molecule has 0 aliphatic rings. The molecule has 4 nitrogen and oxygen atoms in total. The quantitative estimate of drug-likeness (QED) is 0.759. The van der Waals surface area contributed by atoms with Crippen LogP contribution in [0.15, 0.2) is 72.9 Å². The Bertz CT molecular complexity index is 845. The fraction of sp³-hybridized carbons (Fsp3) is 0.143. The number of carbonyl (C=O) groups is 1. The number of pyridine rings is 1. The third kappa shape index (κ3) is 4.44. The molecule has 0 atom stereocenters. The van der Waals surface area contributed by atoms with Gasteiger partial charge in [-0.1, -0.05) is 48.0 Å². The molecule has 1 aromatic heterocycles. The molecule has 126 valence electrons. The number of aryl methyl sites for hydroxylation is 1. The summed E-state index contributed by atoms with van der Waals surface area (Å²) in [5.41, 5.74) is 3.92. The van der Waals surface area contributed by atoms with Gasteiger partial charge in [0.1, 0.15) is 5.82 Å². The number of nitrogens with zero attached hydrogens (tertiary/aromatic N) is 2. The van der Waals surface area contributed by atoms with E-state index >= 15 is 0 Å². The molecular weight excluding hydrogens is 310 g/mol. The summed E-state index contributed by atoms with van der Waals surface area (Å²) in [4.78, 5) is 18.7. The Morgan fingerprint density at radius 1 is 1.04 bits per heavy atom. The van der Waals surface area contributed by atoms with E-state index in [1.165, 1.54) is 5.56 Å². The van der Waals surface area contributed by atoms with Crippen molar-refractivity contribution in [1.29, 1.82) is 0 Å².